The predicted molar refractivity (Wildman–Crippen MR) is 71.7 cm³/mol. The summed E-state index contributed by atoms with van der Waals surface area (Å²) in [4.78, 5) is 2.46. The van der Waals surface area contributed by atoms with Crippen molar-refractivity contribution < 1.29 is 0 Å². The summed E-state index contributed by atoms with van der Waals surface area (Å²) in [6, 6.07) is 9.69. The Morgan fingerprint density at radius 2 is 1.69 bits per heavy atom. The lowest BCUT2D eigenvalue weighted by atomic mass is 10.1. The molecule has 0 bridgehead atoms. The third-order valence-corrected chi connectivity index (χ3v) is 3.09. The molecule has 0 saturated carbocycles. The molecule has 1 aromatic carbocycles. The summed E-state index contributed by atoms with van der Waals surface area (Å²) in [5.41, 5.74) is 8.09. The Morgan fingerprint density at radius 3 is 2.06 bits per heavy atom. The zero-order valence-corrected chi connectivity index (χ0v) is 10.9. The fourth-order valence-corrected chi connectivity index (χ4v) is 2.06. The van der Waals surface area contributed by atoms with Crippen molar-refractivity contribution in [3.63, 3.8) is 0 Å². The van der Waals surface area contributed by atoms with E-state index in [0.29, 0.717) is 18.6 Å². The van der Waals surface area contributed by atoms with Crippen LogP contribution in [0.1, 0.15) is 39.7 Å². The molecule has 0 aliphatic rings. The molecule has 2 heteroatoms. The fraction of sp³-hybridized carbons (Fsp3) is 0.571. The molecule has 0 fully saturated rings. The number of anilines is 1. The van der Waals surface area contributed by atoms with Crippen LogP contribution >= 0.6 is 0 Å². The SMILES string of the molecule is CCC(C)N(c1ccc(CN)cc1)C(C)C. The molecule has 2 nitrogen and oxygen atoms in total. The van der Waals surface area contributed by atoms with Crippen LogP contribution in [0, 0.1) is 0 Å². The average Bonchev–Trinajstić information content (AvgIpc) is 2.29. The molecule has 1 rings (SSSR count). The molecule has 16 heavy (non-hydrogen) atoms. The fourth-order valence-electron chi connectivity index (χ4n) is 2.06. The lowest BCUT2D eigenvalue weighted by molar-refractivity contribution is 0.561. The molecule has 0 heterocycles. The van der Waals surface area contributed by atoms with Crippen molar-refractivity contribution in [2.45, 2.75) is 52.7 Å². The minimum absolute atomic E-state index is 0.527. The molecule has 0 amide bonds. The quantitative estimate of drug-likeness (QED) is 0.826. The van der Waals surface area contributed by atoms with Gasteiger partial charge in [0.05, 0.1) is 0 Å². The lowest BCUT2D eigenvalue weighted by Crippen LogP contribution is -2.38. The van der Waals surface area contributed by atoms with Gasteiger partial charge in [-0.25, -0.2) is 0 Å². The van der Waals surface area contributed by atoms with Gasteiger partial charge >= 0.3 is 0 Å². The Labute approximate surface area is 99.5 Å². The maximum atomic E-state index is 5.61. The highest BCUT2D eigenvalue weighted by molar-refractivity contribution is 5.49. The van der Waals surface area contributed by atoms with E-state index in [1.54, 1.807) is 0 Å². The molecular formula is C14H24N2. The Balaban J connectivity index is 2.92. The molecular weight excluding hydrogens is 196 g/mol. The van der Waals surface area contributed by atoms with E-state index in [4.69, 9.17) is 5.73 Å². The topological polar surface area (TPSA) is 29.3 Å². The minimum Gasteiger partial charge on any atom is -0.366 e. The summed E-state index contributed by atoms with van der Waals surface area (Å²) in [6.07, 6.45) is 1.16. The first kappa shape index (κ1) is 13.0. The molecule has 0 aliphatic heterocycles. The van der Waals surface area contributed by atoms with E-state index < -0.39 is 0 Å². The van der Waals surface area contributed by atoms with Crippen molar-refractivity contribution in [2.75, 3.05) is 4.90 Å². The minimum atomic E-state index is 0.527. The largest absolute Gasteiger partial charge is 0.366 e. The van der Waals surface area contributed by atoms with Crippen LogP contribution in [0.15, 0.2) is 24.3 Å². The summed E-state index contributed by atoms with van der Waals surface area (Å²) in [7, 11) is 0. The van der Waals surface area contributed by atoms with Gasteiger partial charge in [0.1, 0.15) is 0 Å². The zero-order chi connectivity index (χ0) is 12.1. The molecule has 0 radical (unpaired) electrons. The standard InChI is InChI=1S/C14H24N2/c1-5-12(4)16(11(2)3)14-8-6-13(10-15)7-9-14/h6-9,11-12H,5,10,15H2,1-4H3. The number of nitrogens with zero attached hydrogens (tertiary/aromatic N) is 1. The van der Waals surface area contributed by atoms with E-state index in [1.165, 1.54) is 11.3 Å². The number of rotatable bonds is 5. The Morgan fingerprint density at radius 1 is 1.12 bits per heavy atom. The van der Waals surface area contributed by atoms with Crippen molar-refractivity contribution in [3.05, 3.63) is 29.8 Å². The lowest BCUT2D eigenvalue weighted by Gasteiger charge is -2.34. The van der Waals surface area contributed by atoms with Gasteiger partial charge in [-0.2, -0.15) is 0 Å². The van der Waals surface area contributed by atoms with Crippen LogP contribution in [0.25, 0.3) is 0 Å². The number of nitrogens with two attached hydrogens (primary N) is 1. The van der Waals surface area contributed by atoms with Gasteiger partial charge in [-0.1, -0.05) is 19.1 Å². The van der Waals surface area contributed by atoms with Gasteiger partial charge in [0.2, 0.25) is 0 Å². The molecule has 1 atom stereocenters. The van der Waals surface area contributed by atoms with E-state index in [0.717, 1.165) is 6.42 Å². The van der Waals surface area contributed by atoms with Crippen molar-refractivity contribution in [2.24, 2.45) is 5.73 Å². The van der Waals surface area contributed by atoms with Crippen LogP contribution in [0.5, 0.6) is 0 Å². The van der Waals surface area contributed by atoms with E-state index >= 15 is 0 Å². The van der Waals surface area contributed by atoms with Crippen molar-refractivity contribution >= 4 is 5.69 Å². The third kappa shape index (κ3) is 2.99. The first-order chi connectivity index (χ1) is 7.60. The number of hydrogen-bond donors (Lipinski definition) is 1. The van der Waals surface area contributed by atoms with Crippen molar-refractivity contribution in [1.82, 2.24) is 0 Å². The first-order valence-electron chi connectivity index (χ1n) is 6.17. The molecule has 0 aromatic heterocycles. The maximum absolute atomic E-state index is 5.61. The van der Waals surface area contributed by atoms with Crippen LogP contribution in [0.3, 0.4) is 0 Å². The highest BCUT2D eigenvalue weighted by Gasteiger charge is 2.15. The van der Waals surface area contributed by atoms with E-state index in [1.807, 2.05) is 0 Å². The molecule has 0 saturated heterocycles. The van der Waals surface area contributed by atoms with Crippen LogP contribution in [-0.4, -0.2) is 12.1 Å². The molecule has 2 N–H and O–H groups in total. The van der Waals surface area contributed by atoms with Gasteiger partial charge in [0.25, 0.3) is 0 Å². The van der Waals surface area contributed by atoms with Gasteiger partial charge < -0.3 is 10.6 Å². The summed E-state index contributed by atoms with van der Waals surface area (Å²) in [6.45, 7) is 9.60. The summed E-state index contributed by atoms with van der Waals surface area (Å²) >= 11 is 0. The van der Waals surface area contributed by atoms with E-state index in [9.17, 15) is 0 Å². The second kappa shape index (κ2) is 5.90. The normalized spacial score (nSPS) is 12.9. The highest BCUT2D eigenvalue weighted by atomic mass is 15.2. The zero-order valence-electron chi connectivity index (χ0n) is 10.9. The molecule has 0 aliphatic carbocycles. The predicted octanol–water partition coefficient (Wildman–Crippen LogP) is 3.16. The van der Waals surface area contributed by atoms with Gasteiger partial charge in [-0.05, 0) is 44.9 Å². The summed E-state index contributed by atoms with van der Waals surface area (Å²) in [5, 5.41) is 0. The van der Waals surface area contributed by atoms with Crippen molar-refractivity contribution in [1.29, 1.82) is 0 Å². The van der Waals surface area contributed by atoms with Crippen LogP contribution in [0.2, 0.25) is 0 Å². The monoisotopic (exact) mass is 220 g/mol. The Kier molecular flexibility index (Phi) is 4.81. The molecule has 1 unspecified atom stereocenters. The third-order valence-electron chi connectivity index (χ3n) is 3.09. The summed E-state index contributed by atoms with van der Waals surface area (Å²) < 4.78 is 0. The average molecular weight is 220 g/mol. The Hall–Kier alpha value is -1.02. The van der Waals surface area contributed by atoms with Gasteiger partial charge in [-0.15, -0.1) is 0 Å². The molecule has 90 valence electrons. The Bertz CT molecular complexity index is 303. The van der Waals surface area contributed by atoms with Gasteiger partial charge in [-0.3, -0.25) is 0 Å². The molecule has 0 spiro atoms. The van der Waals surface area contributed by atoms with Gasteiger partial charge in [0.15, 0.2) is 0 Å². The molecule has 1 aromatic rings. The van der Waals surface area contributed by atoms with Crippen molar-refractivity contribution in [3.8, 4) is 0 Å². The van der Waals surface area contributed by atoms with E-state index in [-0.39, 0.29) is 0 Å². The first-order valence-corrected chi connectivity index (χ1v) is 6.17. The maximum Gasteiger partial charge on any atom is 0.0371 e. The second-order valence-corrected chi connectivity index (χ2v) is 4.63. The summed E-state index contributed by atoms with van der Waals surface area (Å²) in [5.74, 6) is 0. The smallest absolute Gasteiger partial charge is 0.0371 e. The van der Waals surface area contributed by atoms with E-state index in [2.05, 4.69) is 56.9 Å². The van der Waals surface area contributed by atoms with Gasteiger partial charge in [0, 0.05) is 24.3 Å². The van der Waals surface area contributed by atoms with Crippen LogP contribution in [-0.2, 0) is 6.54 Å². The van der Waals surface area contributed by atoms with Crippen LogP contribution < -0.4 is 10.6 Å². The number of benzene rings is 1. The highest BCUT2D eigenvalue weighted by Crippen LogP contribution is 2.21. The number of hydrogen-bond acceptors (Lipinski definition) is 2. The van der Waals surface area contributed by atoms with Crippen LogP contribution in [0.4, 0.5) is 5.69 Å². The second-order valence-electron chi connectivity index (χ2n) is 4.63.